The summed E-state index contributed by atoms with van der Waals surface area (Å²) in [6.07, 6.45) is 5.47. The molecule has 3 heterocycles. The van der Waals surface area contributed by atoms with Gasteiger partial charge in [0.05, 0.1) is 22.1 Å². The van der Waals surface area contributed by atoms with Gasteiger partial charge < -0.3 is 15.4 Å². The average molecular weight is 318 g/mol. The fraction of sp³-hybridized carbons (Fsp3) is 0.158. The number of fused-ring (bicyclic) bond motifs is 2. The van der Waals surface area contributed by atoms with E-state index in [4.69, 9.17) is 10.7 Å². The first-order valence-corrected chi connectivity index (χ1v) is 7.92. The lowest BCUT2D eigenvalue weighted by atomic mass is 9.98. The average Bonchev–Trinajstić information content (AvgIpc) is 2.91. The third-order valence-corrected chi connectivity index (χ3v) is 4.53. The van der Waals surface area contributed by atoms with Gasteiger partial charge in [-0.3, -0.25) is 4.98 Å². The summed E-state index contributed by atoms with van der Waals surface area (Å²) in [5, 5.41) is 11.8. The van der Waals surface area contributed by atoms with Crippen LogP contribution in [0.4, 0.5) is 5.69 Å². The number of nitrogens with two attached hydrogens (primary N) is 1. The van der Waals surface area contributed by atoms with Gasteiger partial charge in [0.25, 0.3) is 0 Å². The van der Waals surface area contributed by atoms with Crippen LogP contribution in [0.1, 0.15) is 12.5 Å². The Hall–Kier alpha value is -3.08. The molecule has 0 unspecified atom stereocenters. The van der Waals surface area contributed by atoms with E-state index >= 15 is 0 Å². The topological polar surface area (TPSA) is 77.0 Å². The Labute approximate surface area is 139 Å². The Morgan fingerprint density at radius 3 is 2.79 bits per heavy atom. The first-order valence-electron chi connectivity index (χ1n) is 7.92. The number of pyridine rings is 2. The zero-order valence-corrected chi connectivity index (χ0v) is 13.6. The van der Waals surface area contributed by atoms with Gasteiger partial charge in [-0.05, 0) is 25.5 Å². The molecule has 4 rings (SSSR count). The van der Waals surface area contributed by atoms with Gasteiger partial charge in [0.15, 0.2) is 0 Å². The van der Waals surface area contributed by atoms with E-state index in [0.717, 1.165) is 27.6 Å². The SMILES string of the molecule is CCn1cc2nc3c(-c4cnccc4C)cccc3c(N)c2c1O. The summed E-state index contributed by atoms with van der Waals surface area (Å²) in [6, 6.07) is 7.91. The molecule has 0 amide bonds. The van der Waals surface area contributed by atoms with Crippen molar-refractivity contribution in [3.8, 4) is 17.0 Å². The van der Waals surface area contributed by atoms with Crippen molar-refractivity contribution in [3.05, 3.63) is 48.4 Å². The number of nitrogen functional groups attached to an aromatic ring is 1. The summed E-state index contributed by atoms with van der Waals surface area (Å²) >= 11 is 0. The summed E-state index contributed by atoms with van der Waals surface area (Å²) in [4.78, 5) is 9.04. The second-order valence-corrected chi connectivity index (χ2v) is 5.92. The van der Waals surface area contributed by atoms with Crippen LogP contribution in [0.5, 0.6) is 5.88 Å². The summed E-state index contributed by atoms with van der Waals surface area (Å²) in [5.41, 5.74) is 11.6. The van der Waals surface area contributed by atoms with E-state index in [0.29, 0.717) is 23.1 Å². The predicted molar refractivity (Wildman–Crippen MR) is 97.0 cm³/mol. The molecule has 120 valence electrons. The summed E-state index contributed by atoms with van der Waals surface area (Å²) in [5.74, 6) is 0.169. The fourth-order valence-electron chi connectivity index (χ4n) is 3.22. The van der Waals surface area contributed by atoms with Crippen LogP contribution in [-0.2, 0) is 6.54 Å². The monoisotopic (exact) mass is 318 g/mol. The number of para-hydroxylation sites is 1. The number of rotatable bonds is 2. The highest BCUT2D eigenvalue weighted by molar-refractivity contribution is 6.12. The molecule has 5 heteroatoms. The van der Waals surface area contributed by atoms with Crippen LogP contribution in [0.2, 0.25) is 0 Å². The molecule has 0 aliphatic rings. The van der Waals surface area contributed by atoms with Gasteiger partial charge in [-0.2, -0.15) is 0 Å². The van der Waals surface area contributed by atoms with Crippen molar-refractivity contribution in [2.45, 2.75) is 20.4 Å². The van der Waals surface area contributed by atoms with Crippen molar-refractivity contribution in [2.24, 2.45) is 0 Å². The van der Waals surface area contributed by atoms with Crippen LogP contribution >= 0.6 is 0 Å². The maximum atomic E-state index is 10.4. The standard InChI is InChI=1S/C19H18N4O/c1-3-23-10-15-16(19(23)24)17(20)13-6-4-5-12(18(13)22-15)14-9-21-8-7-11(14)2/h4-10,24H,3,20H2,1-2H3. The minimum atomic E-state index is 0.169. The molecule has 0 bridgehead atoms. The molecule has 0 aliphatic heterocycles. The van der Waals surface area contributed by atoms with Gasteiger partial charge in [0.2, 0.25) is 5.88 Å². The first-order chi connectivity index (χ1) is 11.6. The maximum Gasteiger partial charge on any atom is 0.202 e. The van der Waals surface area contributed by atoms with E-state index in [1.165, 1.54) is 0 Å². The Morgan fingerprint density at radius 1 is 1.21 bits per heavy atom. The third-order valence-electron chi connectivity index (χ3n) is 4.53. The highest BCUT2D eigenvalue weighted by Gasteiger charge is 2.17. The molecule has 1 aromatic carbocycles. The van der Waals surface area contributed by atoms with E-state index in [1.54, 1.807) is 10.8 Å². The Kier molecular flexibility index (Phi) is 3.16. The lowest BCUT2D eigenvalue weighted by molar-refractivity contribution is 0.427. The summed E-state index contributed by atoms with van der Waals surface area (Å²) < 4.78 is 1.75. The number of hydrogen-bond donors (Lipinski definition) is 2. The largest absolute Gasteiger partial charge is 0.494 e. The first kappa shape index (κ1) is 14.5. The van der Waals surface area contributed by atoms with Crippen molar-refractivity contribution in [1.29, 1.82) is 0 Å². The Balaban J connectivity index is 2.13. The molecule has 0 spiro atoms. The number of aromatic nitrogens is 3. The normalized spacial score (nSPS) is 11.4. The lowest BCUT2D eigenvalue weighted by Gasteiger charge is -2.10. The molecular weight excluding hydrogens is 300 g/mol. The zero-order chi connectivity index (χ0) is 16.8. The quantitative estimate of drug-likeness (QED) is 0.588. The van der Waals surface area contributed by atoms with Gasteiger partial charge in [-0.15, -0.1) is 0 Å². The molecule has 0 atom stereocenters. The van der Waals surface area contributed by atoms with Crippen molar-refractivity contribution >= 4 is 27.5 Å². The van der Waals surface area contributed by atoms with E-state index in [9.17, 15) is 5.11 Å². The Bertz CT molecular complexity index is 1080. The van der Waals surface area contributed by atoms with Crippen LogP contribution in [-0.4, -0.2) is 19.6 Å². The maximum absolute atomic E-state index is 10.4. The highest BCUT2D eigenvalue weighted by Crippen LogP contribution is 2.39. The molecule has 0 saturated carbocycles. The number of aromatic hydroxyl groups is 1. The molecular formula is C19H18N4O. The molecule has 0 aliphatic carbocycles. The third kappa shape index (κ3) is 1.94. The number of nitrogens with zero attached hydrogens (tertiary/aromatic N) is 3. The van der Waals surface area contributed by atoms with Crippen LogP contribution in [0.25, 0.3) is 32.9 Å². The second kappa shape index (κ2) is 5.23. The molecule has 0 saturated heterocycles. The summed E-state index contributed by atoms with van der Waals surface area (Å²) in [7, 11) is 0. The van der Waals surface area contributed by atoms with E-state index in [1.807, 2.05) is 43.6 Å². The van der Waals surface area contributed by atoms with Gasteiger partial charge >= 0.3 is 0 Å². The second-order valence-electron chi connectivity index (χ2n) is 5.92. The molecule has 24 heavy (non-hydrogen) atoms. The highest BCUT2D eigenvalue weighted by atomic mass is 16.3. The van der Waals surface area contributed by atoms with Crippen LogP contribution in [0.3, 0.4) is 0 Å². The van der Waals surface area contributed by atoms with Gasteiger partial charge in [-0.25, -0.2) is 4.98 Å². The minimum absolute atomic E-state index is 0.169. The number of hydrogen-bond acceptors (Lipinski definition) is 4. The molecule has 3 N–H and O–H groups in total. The molecule has 0 fully saturated rings. The van der Waals surface area contributed by atoms with Crippen LogP contribution in [0, 0.1) is 6.92 Å². The lowest BCUT2D eigenvalue weighted by Crippen LogP contribution is -1.94. The van der Waals surface area contributed by atoms with Gasteiger partial charge in [0.1, 0.15) is 0 Å². The number of aryl methyl sites for hydroxylation is 2. The molecule has 5 nitrogen and oxygen atoms in total. The number of benzene rings is 1. The fourth-order valence-corrected chi connectivity index (χ4v) is 3.22. The molecule has 4 aromatic rings. The van der Waals surface area contributed by atoms with Crippen LogP contribution < -0.4 is 5.73 Å². The van der Waals surface area contributed by atoms with Crippen LogP contribution in [0.15, 0.2) is 42.9 Å². The van der Waals surface area contributed by atoms with Gasteiger partial charge in [0, 0.05) is 41.6 Å². The van der Waals surface area contributed by atoms with Gasteiger partial charge in [-0.1, -0.05) is 18.2 Å². The predicted octanol–water partition coefficient (Wildman–Crippen LogP) is 3.87. The Morgan fingerprint density at radius 2 is 2.04 bits per heavy atom. The smallest absolute Gasteiger partial charge is 0.202 e. The van der Waals surface area contributed by atoms with E-state index in [-0.39, 0.29) is 5.88 Å². The van der Waals surface area contributed by atoms with Crippen molar-refractivity contribution < 1.29 is 5.11 Å². The van der Waals surface area contributed by atoms with Crippen molar-refractivity contribution in [1.82, 2.24) is 14.5 Å². The zero-order valence-electron chi connectivity index (χ0n) is 13.6. The van der Waals surface area contributed by atoms with E-state index in [2.05, 4.69) is 11.9 Å². The molecule has 3 aromatic heterocycles. The van der Waals surface area contributed by atoms with E-state index < -0.39 is 0 Å². The molecule has 0 radical (unpaired) electrons. The number of anilines is 1. The minimum Gasteiger partial charge on any atom is -0.494 e. The van der Waals surface area contributed by atoms with Crippen molar-refractivity contribution in [2.75, 3.05) is 5.73 Å². The summed E-state index contributed by atoms with van der Waals surface area (Å²) in [6.45, 7) is 4.68. The van der Waals surface area contributed by atoms with Crippen molar-refractivity contribution in [3.63, 3.8) is 0 Å².